The van der Waals surface area contributed by atoms with Gasteiger partial charge in [-0.15, -0.1) is 0 Å². The van der Waals surface area contributed by atoms with Gasteiger partial charge < -0.3 is 5.73 Å². The van der Waals surface area contributed by atoms with Crippen molar-refractivity contribution in [2.75, 3.05) is 5.73 Å². The van der Waals surface area contributed by atoms with Crippen LogP contribution in [0.25, 0.3) is 11.1 Å². The third-order valence-electron chi connectivity index (χ3n) is 5.04. The van der Waals surface area contributed by atoms with Crippen LogP contribution in [-0.2, 0) is 7.05 Å². The molecule has 1 aromatic carbocycles. The molecule has 4 rings (SSSR count). The van der Waals surface area contributed by atoms with Crippen LogP contribution in [-0.4, -0.2) is 9.78 Å². The van der Waals surface area contributed by atoms with Gasteiger partial charge in [0, 0.05) is 29.1 Å². The number of anilines is 1. The Bertz CT molecular complexity index is 713. The molecule has 0 saturated heterocycles. The van der Waals surface area contributed by atoms with Gasteiger partial charge in [0.25, 0.3) is 0 Å². The Balaban J connectivity index is 1.84. The fourth-order valence-electron chi connectivity index (χ4n) is 3.99. The van der Waals surface area contributed by atoms with Gasteiger partial charge in [0.05, 0.1) is 10.7 Å². The van der Waals surface area contributed by atoms with Crippen LogP contribution < -0.4 is 5.73 Å². The summed E-state index contributed by atoms with van der Waals surface area (Å²) in [5.74, 6) is 2.83. The van der Waals surface area contributed by atoms with E-state index in [1.807, 2.05) is 19.2 Å². The molecule has 2 aliphatic carbocycles. The van der Waals surface area contributed by atoms with Gasteiger partial charge in [-0.1, -0.05) is 35.7 Å². The molecule has 2 saturated carbocycles. The van der Waals surface area contributed by atoms with Crippen LogP contribution >= 0.6 is 23.2 Å². The van der Waals surface area contributed by atoms with E-state index >= 15 is 0 Å². The molecule has 0 spiro atoms. The van der Waals surface area contributed by atoms with Crippen molar-refractivity contribution in [2.24, 2.45) is 18.9 Å². The smallest absolute Gasteiger partial charge is 0.129 e. The summed E-state index contributed by atoms with van der Waals surface area (Å²) < 4.78 is 1.77. The highest BCUT2D eigenvalue weighted by Gasteiger charge is 2.55. The minimum atomic E-state index is 0.559. The van der Waals surface area contributed by atoms with Crippen LogP contribution in [0, 0.1) is 11.8 Å². The van der Waals surface area contributed by atoms with Crippen molar-refractivity contribution in [3.05, 3.63) is 33.9 Å². The highest BCUT2D eigenvalue weighted by atomic mass is 35.5. The van der Waals surface area contributed by atoms with Crippen LogP contribution in [0.5, 0.6) is 0 Å². The quantitative estimate of drug-likeness (QED) is 0.885. The summed E-state index contributed by atoms with van der Waals surface area (Å²) in [7, 11) is 1.89. The Kier molecular flexibility index (Phi) is 2.98. The molecule has 110 valence electrons. The Hall–Kier alpha value is -1.19. The molecular weight excluding hydrogens is 305 g/mol. The molecule has 1 aromatic heterocycles. The second kappa shape index (κ2) is 4.65. The van der Waals surface area contributed by atoms with Crippen LogP contribution in [0.1, 0.15) is 30.9 Å². The predicted molar refractivity (Wildman–Crippen MR) is 86.6 cm³/mol. The first-order chi connectivity index (χ1) is 10.1. The fourth-order valence-corrected chi connectivity index (χ4v) is 4.49. The number of aromatic nitrogens is 2. The van der Waals surface area contributed by atoms with E-state index < -0.39 is 0 Å². The third kappa shape index (κ3) is 1.98. The van der Waals surface area contributed by atoms with E-state index in [0.717, 1.165) is 28.7 Å². The summed E-state index contributed by atoms with van der Waals surface area (Å²) in [6, 6.07) is 5.56. The summed E-state index contributed by atoms with van der Waals surface area (Å²) in [5.41, 5.74) is 9.32. The zero-order valence-electron chi connectivity index (χ0n) is 11.8. The normalized spacial score (nSPS) is 26.9. The molecule has 5 heteroatoms. The Morgan fingerprint density at radius 2 is 1.95 bits per heavy atom. The third-order valence-corrected chi connectivity index (χ3v) is 5.59. The Morgan fingerprint density at radius 1 is 1.24 bits per heavy atom. The number of nitrogens with two attached hydrogens (primary N) is 1. The molecule has 2 aliphatic rings. The minimum Gasteiger partial charge on any atom is -0.383 e. The van der Waals surface area contributed by atoms with Crippen LogP contribution in [0.3, 0.4) is 0 Å². The number of aryl methyl sites for hydroxylation is 1. The largest absolute Gasteiger partial charge is 0.383 e. The van der Waals surface area contributed by atoms with Gasteiger partial charge in [0.15, 0.2) is 0 Å². The SMILES string of the molecule is Cn1nc(C2C3CCCC32)c(-c2ccc(Cl)cc2Cl)c1N. The van der Waals surface area contributed by atoms with Crippen LogP contribution in [0.4, 0.5) is 5.82 Å². The lowest BCUT2D eigenvalue weighted by Crippen LogP contribution is -1.98. The van der Waals surface area contributed by atoms with Crippen molar-refractivity contribution in [2.45, 2.75) is 25.2 Å². The molecule has 2 fully saturated rings. The molecular formula is C16H17Cl2N3. The number of rotatable bonds is 2. The Labute approximate surface area is 134 Å². The van der Waals surface area contributed by atoms with Gasteiger partial charge >= 0.3 is 0 Å². The van der Waals surface area contributed by atoms with E-state index in [0.29, 0.717) is 21.8 Å². The van der Waals surface area contributed by atoms with Crippen LogP contribution in [0.15, 0.2) is 18.2 Å². The lowest BCUT2D eigenvalue weighted by atomic mass is 9.99. The van der Waals surface area contributed by atoms with Crippen molar-refractivity contribution in [1.29, 1.82) is 0 Å². The maximum absolute atomic E-state index is 6.39. The van der Waals surface area contributed by atoms with Crippen molar-refractivity contribution in [3.63, 3.8) is 0 Å². The Morgan fingerprint density at radius 3 is 2.62 bits per heavy atom. The second-order valence-electron chi connectivity index (χ2n) is 6.18. The summed E-state index contributed by atoms with van der Waals surface area (Å²) in [5, 5.41) is 5.96. The molecule has 0 aliphatic heterocycles. The average molecular weight is 322 g/mol. The highest BCUT2D eigenvalue weighted by Crippen LogP contribution is 2.64. The lowest BCUT2D eigenvalue weighted by molar-refractivity contribution is 0.655. The number of benzene rings is 1. The molecule has 0 radical (unpaired) electrons. The molecule has 2 unspecified atom stereocenters. The van der Waals surface area contributed by atoms with Gasteiger partial charge in [0.1, 0.15) is 5.82 Å². The zero-order chi connectivity index (χ0) is 14.7. The van der Waals surface area contributed by atoms with Gasteiger partial charge in [-0.25, -0.2) is 0 Å². The standard InChI is InChI=1S/C16H17Cl2N3/c1-21-16(19)14(11-6-5-8(17)7-12(11)18)15(20-21)13-9-3-2-4-10(9)13/h5-7,9-10,13H,2-4,19H2,1H3. The molecule has 0 amide bonds. The van der Waals surface area contributed by atoms with E-state index in [1.165, 1.54) is 19.3 Å². The fraction of sp³-hybridized carbons (Fsp3) is 0.438. The molecule has 2 N–H and O–H groups in total. The number of halogens is 2. The number of fused-ring (bicyclic) bond motifs is 1. The molecule has 2 aromatic rings. The summed E-state index contributed by atoms with van der Waals surface area (Å²) in [6.07, 6.45) is 3.99. The highest BCUT2D eigenvalue weighted by molar-refractivity contribution is 6.36. The molecule has 3 nitrogen and oxygen atoms in total. The predicted octanol–water partition coefficient (Wildman–Crippen LogP) is 4.49. The van der Waals surface area contributed by atoms with E-state index in [2.05, 4.69) is 0 Å². The van der Waals surface area contributed by atoms with Crippen molar-refractivity contribution in [3.8, 4) is 11.1 Å². The molecule has 21 heavy (non-hydrogen) atoms. The van der Waals surface area contributed by atoms with Gasteiger partial charge in [-0.3, -0.25) is 4.68 Å². The van der Waals surface area contributed by atoms with Crippen molar-refractivity contribution < 1.29 is 0 Å². The number of nitrogens with zero attached hydrogens (tertiary/aromatic N) is 2. The van der Waals surface area contributed by atoms with Gasteiger partial charge in [-0.05, 0) is 36.8 Å². The first kappa shape index (κ1) is 13.5. The number of hydrogen-bond acceptors (Lipinski definition) is 2. The summed E-state index contributed by atoms with van der Waals surface area (Å²) >= 11 is 12.4. The van der Waals surface area contributed by atoms with E-state index in [9.17, 15) is 0 Å². The first-order valence-electron chi connectivity index (χ1n) is 7.35. The number of nitrogen functional groups attached to an aromatic ring is 1. The zero-order valence-corrected chi connectivity index (χ0v) is 13.3. The van der Waals surface area contributed by atoms with E-state index in [-0.39, 0.29) is 0 Å². The lowest BCUT2D eigenvalue weighted by Gasteiger charge is -2.08. The van der Waals surface area contributed by atoms with Crippen LogP contribution in [0.2, 0.25) is 10.0 Å². The molecule has 2 atom stereocenters. The van der Waals surface area contributed by atoms with Crippen molar-refractivity contribution in [1.82, 2.24) is 9.78 Å². The van der Waals surface area contributed by atoms with Gasteiger partial charge in [0.2, 0.25) is 0 Å². The monoisotopic (exact) mass is 321 g/mol. The maximum atomic E-state index is 6.39. The minimum absolute atomic E-state index is 0.559. The van der Waals surface area contributed by atoms with Crippen molar-refractivity contribution >= 4 is 29.0 Å². The first-order valence-corrected chi connectivity index (χ1v) is 8.11. The molecule has 0 bridgehead atoms. The summed E-state index contributed by atoms with van der Waals surface area (Å²) in [4.78, 5) is 0. The average Bonchev–Trinajstić information content (AvgIpc) is 2.78. The van der Waals surface area contributed by atoms with Gasteiger partial charge in [-0.2, -0.15) is 5.10 Å². The summed E-state index contributed by atoms with van der Waals surface area (Å²) in [6.45, 7) is 0. The topological polar surface area (TPSA) is 43.8 Å². The second-order valence-corrected chi connectivity index (χ2v) is 7.02. The number of hydrogen-bond donors (Lipinski definition) is 1. The molecule has 1 heterocycles. The van der Waals surface area contributed by atoms with E-state index in [4.69, 9.17) is 34.0 Å². The van der Waals surface area contributed by atoms with E-state index in [1.54, 1.807) is 10.7 Å². The maximum Gasteiger partial charge on any atom is 0.129 e.